The Morgan fingerprint density at radius 3 is 1.92 bits per heavy atom. The van der Waals surface area contributed by atoms with Gasteiger partial charge in [0.2, 0.25) is 0 Å². The standard InChI is InChI=1S/C8H18O4Si/c1-6(2)7(3)8(9)12-13(10-4)11-5/h6-7,13H,1-5H3. The molecule has 0 aromatic rings. The summed E-state index contributed by atoms with van der Waals surface area (Å²) in [4.78, 5) is 11.4. The maximum Gasteiger partial charge on any atom is 0.550 e. The lowest BCUT2D eigenvalue weighted by Crippen LogP contribution is -2.31. The Bertz CT molecular complexity index is 156. The van der Waals surface area contributed by atoms with Crippen molar-refractivity contribution in [2.75, 3.05) is 14.2 Å². The minimum atomic E-state index is -2.20. The van der Waals surface area contributed by atoms with Crippen molar-refractivity contribution in [3.63, 3.8) is 0 Å². The van der Waals surface area contributed by atoms with Gasteiger partial charge in [0.25, 0.3) is 5.97 Å². The highest BCUT2D eigenvalue weighted by Crippen LogP contribution is 2.11. The Morgan fingerprint density at radius 1 is 1.15 bits per heavy atom. The summed E-state index contributed by atoms with van der Waals surface area (Å²) in [6, 6.07) is 0. The zero-order valence-electron chi connectivity index (χ0n) is 8.87. The minimum absolute atomic E-state index is 0.111. The minimum Gasteiger partial charge on any atom is -0.475 e. The van der Waals surface area contributed by atoms with E-state index in [0.717, 1.165) is 0 Å². The van der Waals surface area contributed by atoms with Crippen LogP contribution < -0.4 is 0 Å². The average molecular weight is 206 g/mol. The van der Waals surface area contributed by atoms with Gasteiger partial charge in [0.1, 0.15) is 0 Å². The van der Waals surface area contributed by atoms with Crippen molar-refractivity contribution in [3.05, 3.63) is 0 Å². The molecule has 0 amide bonds. The molecule has 1 unspecified atom stereocenters. The molecule has 4 nitrogen and oxygen atoms in total. The third kappa shape index (κ3) is 4.40. The molecule has 5 heteroatoms. The van der Waals surface area contributed by atoms with Gasteiger partial charge in [-0.3, -0.25) is 4.79 Å². The maximum atomic E-state index is 11.4. The second kappa shape index (κ2) is 6.12. The van der Waals surface area contributed by atoms with E-state index in [-0.39, 0.29) is 17.8 Å². The Morgan fingerprint density at radius 2 is 1.62 bits per heavy atom. The predicted molar refractivity (Wildman–Crippen MR) is 51.3 cm³/mol. The van der Waals surface area contributed by atoms with Crippen LogP contribution in [-0.4, -0.2) is 29.7 Å². The Balaban J connectivity index is 3.98. The summed E-state index contributed by atoms with van der Waals surface area (Å²) < 4.78 is 14.8. The summed E-state index contributed by atoms with van der Waals surface area (Å²) in [6.07, 6.45) is 0. The molecule has 0 aliphatic carbocycles. The molecule has 0 N–H and O–H groups in total. The lowest BCUT2D eigenvalue weighted by molar-refractivity contribution is -0.142. The van der Waals surface area contributed by atoms with E-state index in [1.807, 2.05) is 20.8 Å². The lowest BCUT2D eigenvalue weighted by atomic mass is 9.99. The molecule has 0 rings (SSSR count). The molecule has 0 heterocycles. The molecular formula is C8H18O4Si. The molecule has 0 fully saturated rings. The van der Waals surface area contributed by atoms with Crippen LogP contribution in [0, 0.1) is 11.8 Å². The van der Waals surface area contributed by atoms with Gasteiger partial charge in [0, 0.05) is 14.2 Å². The van der Waals surface area contributed by atoms with Crippen LogP contribution >= 0.6 is 0 Å². The second-order valence-corrected chi connectivity index (χ2v) is 4.99. The van der Waals surface area contributed by atoms with Crippen LogP contribution in [-0.2, 0) is 18.1 Å². The molecule has 1 atom stereocenters. The van der Waals surface area contributed by atoms with Crippen molar-refractivity contribution in [1.29, 1.82) is 0 Å². The molecule has 0 aromatic carbocycles. The van der Waals surface area contributed by atoms with Gasteiger partial charge in [0.05, 0.1) is 5.92 Å². The van der Waals surface area contributed by atoms with Crippen molar-refractivity contribution < 1.29 is 18.1 Å². The summed E-state index contributed by atoms with van der Waals surface area (Å²) in [5, 5.41) is 0. The van der Waals surface area contributed by atoms with E-state index in [1.165, 1.54) is 14.2 Å². The third-order valence-corrected chi connectivity index (χ3v) is 3.16. The number of carbonyl (C=O) groups excluding carboxylic acids is 1. The van der Waals surface area contributed by atoms with Crippen LogP contribution in [0.2, 0.25) is 0 Å². The fourth-order valence-corrected chi connectivity index (χ4v) is 1.46. The molecule has 0 saturated heterocycles. The first-order chi connectivity index (χ1) is 6.02. The lowest BCUT2D eigenvalue weighted by Gasteiger charge is -2.17. The van der Waals surface area contributed by atoms with Crippen molar-refractivity contribution in [2.45, 2.75) is 20.8 Å². The SMILES string of the molecule is CO[SiH](OC)OC(=O)C(C)C(C)C. The highest BCUT2D eigenvalue weighted by atomic mass is 28.3. The summed E-state index contributed by atoms with van der Waals surface area (Å²) in [6.45, 7) is 5.79. The second-order valence-electron chi connectivity index (χ2n) is 3.23. The highest BCUT2D eigenvalue weighted by Gasteiger charge is 2.23. The summed E-state index contributed by atoms with van der Waals surface area (Å²) >= 11 is 0. The molecule has 0 saturated carbocycles. The van der Waals surface area contributed by atoms with Crippen LogP contribution in [0.4, 0.5) is 0 Å². The number of hydrogen-bond acceptors (Lipinski definition) is 4. The number of rotatable bonds is 5. The van der Waals surface area contributed by atoms with Crippen LogP contribution in [0.15, 0.2) is 0 Å². The van der Waals surface area contributed by atoms with Gasteiger partial charge < -0.3 is 13.3 Å². The van der Waals surface area contributed by atoms with Crippen LogP contribution in [0.5, 0.6) is 0 Å². The quantitative estimate of drug-likeness (QED) is 0.625. The molecule has 0 aliphatic rings. The zero-order chi connectivity index (χ0) is 10.4. The fourth-order valence-electron chi connectivity index (χ4n) is 0.667. The molecule has 13 heavy (non-hydrogen) atoms. The van der Waals surface area contributed by atoms with E-state index in [1.54, 1.807) is 0 Å². The molecular weight excluding hydrogens is 188 g/mol. The van der Waals surface area contributed by atoms with Crippen molar-refractivity contribution in [3.8, 4) is 0 Å². The summed E-state index contributed by atoms with van der Waals surface area (Å²) in [7, 11) is 0.763. The van der Waals surface area contributed by atoms with Crippen LogP contribution in [0.1, 0.15) is 20.8 Å². The first-order valence-electron chi connectivity index (χ1n) is 4.29. The van der Waals surface area contributed by atoms with E-state index < -0.39 is 9.53 Å². The third-order valence-electron chi connectivity index (χ3n) is 1.97. The molecule has 0 aromatic heterocycles. The van der Waals surface area contributed by atoms with Gasteiger partial charge in [-0.1, -0.05) is 20.8 Å². The van der Waals surface area contributed by atoms with E-state index >= 15 is 0 Å². The van der Waals surface area contributed by atoms with Crippen molar-refractivity contribution in [2.24, 2.45) is 11.8 Å². The molecule has 0 radical (unpaired) electrons. The Labute approximate surface area is 81.1 Å². The monoisotopic (exact) mass is 206 g/mol. The first-order valence-corrected chi connectivity index (χ1v) is 5.70. The predicted octanol–water partition coefficient (Wildman–Crippen LogP) is 0.832. The van der Waals surface area contributed by atoms with E-state index in [2.05, 4.69) is 0 Å². The average Bonchev–Trinajstić information content (AvgIpc) is 2.12. The van der Waals surface area contributed by atoms with Crippen LogP contribution in [0.3, 0.4) is 0 Å². The first kappa shape index (κ1) is 12.6. The topological polar surface area (TPSA) is 44.8 Å². The Kier molecular flexibility index (Phi) is 5.94. The molecule has 0 aliphatic heterocycles. The van der Waals surface area contributed by atoms with Gasteiger partial charge in [0.15, 0.2) is 0 Å². The van der Waals surface area contributed by atoms with Crippen molar-refractivity contribution >= 4 is 15.5 Å². The van der Waals surface area contributed by atoms with E-state index in [9.17, 15) is 4.79 Å². The van der Waals surface area contributed by atoms with Gasteiger partial charge in [-0.25, -0.2) is 0 Å². The van der Waals surface area contributed by atoms with E-state index in [4.69, 9.17) is 13.3 Å². The Hall–Kier alpha value is -0.393. The van der Waals surface area contributed by atoms with Gasteiger partial charge in [-0.15, -0.1) is 0 Å². The van der Waals surface area contributed by atoms with Crippen LogP contribution in [0.25, 0.3) is 0 Å². The normalized spacial score (nSPS) is 13.5. The largest absolute Gasteiger partial charge is 0.550 e. The summed E-state index contributed by atoms with van der Waals surface area (Å²) in [5.74, 6) is -0.0773. The summed E-state index contributed by atoms with van der Waals surface area (Å²) in [5.41, 5.74) is 0. The zero-order valence-corrected chi connectivity index (χ0v) is 10.0. The van der Waals surface area contributed by atoms with Gasteiger partial charge in [-0.2, -0.15) is 0 Å². The molecule has 0 bridgehead atoms. The van der Waals surface area contributed by atoms with Crippen molar-refractivity contribution in [1.82, 2.24) is 0 Å². The van der Waals surface area contributed by atoms with Gasteiger partial charge >= 0.3 is 9.53 Å². The fraction of sp³-hybridized carbons (Fsp3) is 0.875. The molecule has 78 valence electrons. The van der Waals surface area contributed by atoms with Gasteiger partial charge in [-0.05, 0) is 5.92 Å². The number of hydrogen-bond donors (Lipinski definition) is 0. The van der Waals surface area contributed by atoms with E-state index in [0.29, 0.717) is 0 Å². The molecule has 0 spiro atoms. The number of carbonyl (C=O) groups is 1. The highest BCUT2D eigenvalue weighted by molar-refractivity contribution is 6.39. The maximum absolute atomic E-state index is 11.4. The smallest absolute Gasteiger partial charge is 0.475 e.